The monoisotopic (exact) mass is 253 g/mol. The molecule has 1 heterocycles. The largest absolute Gasteiger partial charge is 0.468 e. The summed E-state index contributed by atoms with van der Waals surface area (Å²) in [5.74, 6) is -0.256. The van der Waals surface area contributed by atoms with Crippen LogP contribution in [0.1, 0.15) is 26.5 Å². The third-order valence-electron chi connectivity index (χ3n) is 2.10. The summed E-state index contributed by atoms with van der Waals surface area (Å²) in [6, 6.07) is 1.51. The van der Waals surface area contributed by atoms with Crippen LogP contribution in [0.4, 0.5) is 0 Å². The van der Waals surface area contributed by atoms with E-state index in [1.165, 1.54) is 17.7 Å². The van der Waals surface area contributed by atoms with Gasteiger partial charge < -0.3 is 10.1 Å². The van der Waals surface area contributed by atoms with Crippen LogP contribution in [-0.4, -0.2) is 28.1 Å². The maximum Gasteiger partial charge on any atom is 0.299 e. The molecule has 1 rings (SSSR count). The predicted octanol–water partition coefficient (Wildman–Crippen LogP) is 0.475. The molecule has 0 aromatic carbocycles. The second-order valence-corrected chi connectivity index (χ2v) is 5.11. The van der Waals surface area contributed by atoms with Crippen molar-refractivity contribution in [3.63, 3.8) is 0 Å². The summed E-state index contributed by atoms with van der Waals surface area (Å²) >= 11 is 0. The van der Waals surface area contributed by atoms with Crippen LogP contribution in [0.5, 0.6) is 6.01 Å². The minimum absolute atomic E-state index is 0.105. The van der Waals surface area contributed by atoms with Gasteiger partial charge in [-0.15, -0.1) is 0 Å². The maximum absolute atomic E-state index is 11.8. The zero-order chi connectivity index (χ0) is 13.9. The quantitative estimate of drug-likeness (QED) is 0.850. The maximum atomic E-state index is 11.8. The van der Waals surface area contributed by atoms with E-state index in [0.717, 1.165) is 0 Å². The lowest BCUT2D eigenvalue weighted by Crippen LogP contribution is -2.43. The number of hydrogen-bond donors (Lipinski definition) is 1. The topological polar surface area (TPSA) is 73.2 Å². The Morgan fingerprint density at radius 3 is 2.61 bits per heavy atom. The minimum atomic E-state index is -0.341. The van der Waals surface area contributed by atoms with Gasteiger partial charge in [0.15, 0.2) is 0 Å². The van der Waals surface area contributed by atoms with Crippen molar-refractivity contribution in [3.8, 4) is 6.01 Å². The summed E-state index contributed by atoms with van der Waals surface area (Å²) in [6.07, 6.45) is 0. The van der Waals surface area contributed by atoms with Gasteiger partial charge in [0, 0.05) is 17.3 Å². The van der Waals surface area contributed by atoms with E-state index in [-0.39, 0.29) is 29.6 Å². The average molecular weight is 253 g/mol. The zero-order valence-electron chi connectivity index (χ0n) is 11.4. The second kappa shape index (κ2) is 5.20. The van der Waals surface area contributed by atoms with Crippen LogP contribution in [0.15, 0.2) is 10.9 Å². The molecule has 0 atom stereocenters. The van der Waals surface area contributed by atoms with Gasteiger partial charge in [-0.3, -0.25) is 14.2 Å². The number of aryl methyl sites for hydroxylation is 1. The molecular weight excluding hydrogens is 234 g/mol. The van der Waals surface area contributed by atoms with Crippen molar-refractivity contribution >= 4 is 5.91 Å². The van der Waals surface area contributed by atoms with Crippen LogP contribution < -0.4 is 15.6 Å². The molecule has 0 spiro atoms. The van der Waals surface area contributed by atoms with Gasteiger partial charge in [0.25, 0.3) is 11.6 Å². The fourth-order valence-corrected chi connectivity index (χ4v) is 1.50. The first-order valence-corrected chi connectivity index (χ1v) is 5.66. The first kappa shape index (κ1) is 14.2. The Balaban J connectivity index is 2.98. The third kappa shape index (κ3) is 3.87. The number of amides is 1. The van der Waals surface area contributed by atoms with Gasteiger partial charge in [-0.1, -0.05) is 0 Å². The zero-order valence-corrected chi connectivity index (χ0v) is 11.4. The number of nitrogens with zero attached hydrogens (tertiary/aromatic N) is 2. The Labute approximate surface area is 106 Å². The second-order valence-electron chi connectivity index (χ2n) is 5.11. The minimum Gasteiger partial charge on any atom is -0.468 e. The first-order valence-electron chi connectivity index (χ1n) is 5.66. The van der Waals surface area contributed by atoms with Crippen LogP contribution in [-0.2, 0) is 11.3 Å². The van der Waals surface area contributed by atoms with E-state index < -0.39 is 0 Å². The molecule has 0 saturated heterocycles. The van der Waals surface area contributed by atoms with Crippen molar-refractivity contribution in [3.05, 3.63) is 22.1 Å². The number of nitrogens with one attached hydrogen (secondary N) is 1. The number of aromatic nitrogens is 2. The average Bonchev–Trinajstić information content (AvgIpc) is 2.18. The van der Waals surface area contributed by atoms with E-state index >= 15 is 0 Å². The van der Waals surface area contributed by atoms with E-state index in [9.17, 15) is 9.59 Å². The smallest absolute Gasteiger partial charge is 0.299 e. The van der Waals surface area contributed by atoms with Gasteiger partial charge in [0.05, 0.1) is 7.11 Å². The van der Waals surface area contributed by atoms with Crippen molar-refractivity contribution in [1.82, 2.24) is 14.9 Å². The lowest BCUT2D eigenvalue weighted by atomic mass is 10.1. The van der Waals surface area contributed by atoms with Crippen LogP contribution >= 0.6 is 0 Å². The lowest BCUT2D eigenvalue weighted by molar-refractivity contribution is -0.123. The molecule has 0 fully saturated rings. The highest BCUT2D eigenvalue weighted by atomic mass is 16.5. The Morgan fingerprint density at radius 1 is 1.50 bits per heavy atom. The summed E-state index contributed by atoms with van der Waals surface area (Å²) in [7, 11) is 1.42. The summed E-state index contributed by atoms with van der Waals surface area (Å²) in [6.45, 7) is 7.21. The van der Waals surface area contributed by atoms with Gasteiger partial charge in [-0.2, -0.15) is 0 Å². The van der Waals surface area contributed by atoms with Crippen molar-refractivity contribution < 1.29 is 9.53 Å². The van der Waals surface area contributed by atoms with E-state index in [0.29, 0.717) is 5.69 Å². The lowest BCUT2D eigenvalue weighted by Gasteiger charge is -2.21. The number of rotatable bonds is 3. The highest BCUT2D eigenvalue weighted by molar-refractivity contribution is 5.76. The summed E-state index contributed by atoms with van der Waals surface area (Å²) < 4.78 is 6.21. The molecule has 18 heavy (non-hydrogen) atoms. The van der Waals surface area contributed by atoms with E-state index in [1.54, 1.807) is 6.92 Å². The van der Waals surface area contributed by atoms with E-state index in [1.807, 2.05) is 20.8 Å². The highest BCUT2D eigenvalue weighted by Gasteiger charge is 2.16. The fourth-order valence-electron chi connectivity index (χ4n) is 1.50. The Bertz CT molecular complexity index is 500. The molecule has 6 nitrogen and oxygen atoms in total. The van der Waals surface area contributed by atoms with Gasteiger partial charge in [-0.25, -0.2) is 4.98 Å². The van der Waals surface area contributed by atoms with Gasteiger partial charge >= 0.3 is 0 Å². The summed E-state index contributed by atoms with van der Waals surface area (Å²) in [5.41, 5.74) is -0.0841. The van der Waals surface area contributed by atoms with Crippen LogP contribution in [0, 0.1) is 6.92 Å². The standard InChI is InChI=1S/C12H19N3O3/c1-8-6-10(17)15(11(13-8)18-5)7-9(16)14-12(2,3)4/h6H,7H2,1-5H3,(H,14,16). The predicted molar refractivity (Wildman–Crippen MR) is 67.7 cm³/mol. The molecule has 0 aliphatic heterocycles. The van der Waals surface area contributed by atoms with Crippen LogP contribution in [0.2, 0.25) is 0 Å². The van der Waals surface area contributed by atoms with Gasteiger partial charge in [0.2, 0.25) is 5.91 Å². The number of carbonyl (C=O) groups is 1. The molecule has 100 valence electrons. The van der Waals surface area contributed by atoms with Crippen LogP contribution in [0.3, 0.4) is 0 Å². The van der Waals surface area contributed by atoms with Crippen LogP contribution in [0.25, 0.3) is 0 Å². The molecule has 0 unspecified atom stereocenters. The van der Waals surface area contributed by atoms with Crippen molar-refractivity contribution in [2.45, 2.75) is 39.8 Å². The number of ether oxygens (including phenoxy) is 1. The molecule has 6 heteroatoms. The highest BCUT2D eigenvalue weighted by Crippen LogP contribution is 2.05. The normalized spacial score (nSPS) is 11.2. The molecule has 0 radical (unpaired) electrons. The number of methoxy groups -OCH3 is 1. The van der Waals surface area contributed by atoms with E-state index in [4.69, 9.17) is 4.74 Å². The fraction of sp³-hybridized carbons (Fsp3) is 0.583. The van der Waals surface area contributed by atoms with Crippen molar-refractivity contribution in [2.75, 3.05) is 7.11 Å². The Morgan fingerprint density at radius 2 is 2.11 bits per heavy atom. The first-order chi connectivity index (χ1) is 8.23. The molecule has 0 saturated carbocycles. The molecule has 0 aliphatic rings. The van der Waals surface area contributed by atoms with Crippen molar-refractivity contribution in [1.29, 1.82) is 0 Å². The molecule has 0 aliphatic carbocycles. The number of hydrogen-bond acceptors (Lipinski definition) is 4. The number of carbonyl (C=O) groups excluding carboxylic acids is 1. The molecule has 0 bridgehead atoms. The SMILES string of the molecule is COc1nc(C)cc(=O)n1CC(=O)NC(C)(C)C. The molecule has 1 amide bonds. The molecule has 1 aromatic rings. The van der Waals surface area contributed by atoms with Crippen molar-refractivity contribution in [2.24, 2.45) is 0 Å². The summed E-state index contributed by atoms with van der Waals surface area (Å²) in [5, 5.41) is 2.78. The summed E-state index contributed by atoms with van der Waals surface area (Å²) in [4.78, 5) is 27.6. The Hall–Kier alpha value is -1.85. The third-order valence-corrected chi connectivity index (χ3v) is 2.10. The molecular formula is C12H19N3O3. The molecule has 1 N–H and O–H groups in total. The van der Waals surface area contributed by atoms with Gasteiger partial charge in [-0.05, 0) is 27.7 Å². The van der Waals surface area contributed by atoms with E-state index in [2.05, 4.69) is 10.3 Å². The van der Waals surface area contributed by atoms with Gasteiger partial charge in [0.1, 0.15) is 6.54 Å². The Kier molecular flexibility index (Phi) is 4.11. The molecule has 1 aromatic heterocycles.